The fourth-order valence-corrected chi connectivity index (χ4v) is 3.02. The third kappa shape index (κ3) is 4.01. The molecule has 0 radical (unpaired) electrons. The Hall–Kier alpha value is -3.71. The van der Waals surface area contributed by atoms with Crippen molar-refractivity contribution in [2.45, 2.75) is 0 Å². The summed E-state index contributed by atoms with van der Waals surface area (Å²) in [5.74, 6) is 0.137. The maximum Gasteiger partial charge on any atom is 0.295 e. The van der Waals surface area contributed by atoms with Crippen molar-refractivity contribution in [3.8, 4) is 22.8 Å². The minimum atomic E-state index is -0.515. The lowest BCUT2D eigenvalue weighted by atomic mass is 10.2. The molecule has 0 atom stereocenters. The van der Waals surface area contributed by atoms with Crippen molar-refractivity contribution in [2.24, 2.45) is 0 Å². The summed E-state index contributed by atoms with van der Waals surface area (Å²) in [4.78, 5) is 17.2. The average Bonchev–Trinajstić information content (AvgIpc) is 3.21. The zero-order chi connectivity index (χ0) is 21.1. The van der Waals surface area contributed by atoms with Gasteiger partial charge in [0.25, 0.3) is 5.91 Å². The Morgan fingerprint density at radius 3 is 2.40 bits per heavy atom. The summed E-state index contributed by atoms with van der Waals surface area (Å²) in [6.45, 7) is 0. The van der Waals surface area contributed by atoms with E-state index in [4.69, 9.17) is 16.3 Å². The summed E-state index contributed by atoms with van der Waals surface area (Å²) in [6, 6.07) is 19.8. The van der Waals surface area contributed by atoms with Crippen LogP contribution in [0.1, 0.15) is 10.6 Å². The number of hydrogen-bond acceptors (Lipinski definition) is 4. The molecule has 1 heterocycles. The van der Waals surface area contributed by atoms with Crippen molar-refractivity contribution in [3.05, 3.63) is 89.5 Å². The van der Waals surface area contributed by atoms with Crippen LogP contribution in [0.4, 0.5) is 10.1 Å². The fourth-order valence-electron chi connectivity index (χ4n) is 2.84. The van der Waals surface area contributed by atoms with Crippen LogP contribution in [-0.2, 0) is 0 Å². The Labute approximate surface area is 176 Å². The molecule has 0 aliphatic carbocycles. The number of benzene rings is 3. The maximum absolute atomic E-state index is 13.4. The fraction of sp³-hybridized carbons (Fsp3) is 0.0455. The van der Waals surface area contributed by atoms with Gasteiger partial charge in [-0.2, -0.15) is 0 Å². The van der Waals surface area contributed by atoms with Gasteiger partial charge in [0.05, 0.1) is 23.5 Å². The Kier molecular flexibility index (Phi) is 5.45. The molecular weight excluding hydrogens is 407 g/mol. The largest absolute Gasteiger partial charge is 0.497 e. The summed E-state index contributed by atoms with van der Waals surface area (Å²) in [6.07, 6.45) is 0. The second-order valence-corrected chi connectivity index (χ2v) is 6.72. The molecule has 6 nitrogen and oxygen atoms in total. The quantitative estimate of drug-likeness (QED) is 0.492. The maximum atomic E-state index is 13.4. The minimum Gasteiger partial charge on any atom is -0.497 e. The van der Waals surface area contributed by atoms with E-state index < -0.39 is 5.91 Å². The Morgan fingerprint density at radius 2 is 1.73 bits per heavy atom. The average molecular weight is 423 g/mol. The molecule has 1 N–H and O–H groups in total. The van der Waals surface area contributed by atoms with E-state index in [0.717, 1.165) is 0 Å². The van der Waals surface area contributed by atoms with Crippen LogP contribution >= 0.6 is 11.6 Å². The number of nitrogens with zero attached hydrogens (tertiary/aromatic N) is 3. The number of methoxy groups -OCH3 is 1. The van der Waals surface area contributed by atoms with E-state index in [0.29, 0.717) is 33.5 Å². The molecule has 0 unspecified atom stereocenters. The van der Waals surface area contributed by atoms with Crippen LogP contribution in [0.5, 0.6) is 5.75 Å². The highest BCUT2D eigenvalue weighted by Crippen LogP contribution is 2.25. The number of rotatable bonds is 5. The Morgan fingerprint density at radius 1 is 1.03 bits per heavy atom. The Bertz CT molecular complexity index is 1190. The monoisotopic (exact) mass is 422 g/mol. The predicted octanol–water partition coefficient (Wildman–Crippen LogP) is 4.99. The van der Waals surface area contributed by atoms with Crippen LogP contribution in [0.2, 0.25) is 5.02 Å². The van der Waals surface area contributed by atoms with Crippen LogP contribution in [-0.4, -0.2) is 27.8 Å². The van der Waals surface area contributed by atoms with Gasteiger partial charge < -0.3 is 10.1 Å². The molecule has 3 aromatic carbocycles. The summed E-state index contributed by atoms with van der Waals surface area (Å²) >= 11 is 6.12. The number of ether oxygens (including phenoxy) is 1. The second kappa shape index (κ2) is 8.34. The van der Waals surface area contributed by atoms with Gasteiger partial charge in [0.2, 0.25) is 5.82 Å². The van der Waals surface area contributed by atoms with Crippen molar-refractivity contribution in [1.82, 2.24) is 14.8 Å². The number of para-hydroxylation sites is 1. The molecule has 0 fully saturated rings. The highest BCUT2D eigenvalue weighted by Gasteiger charge is 2.19. The van der Waals surface area contributed by atoms with Gasteiger partial charge in [-0.05, 0) is 60.7 Å². The van der Waals surface area contributed by atoms with Gasteiger partial charge in [-0.1, -0.05) is 23.7 Å². The first-order valence-corrected chi connectivity index (χ1v) is 9.36. The molecule has 0 aliphatic heterocycles. The number of carbonyl (C=O) groups excluding carboxylic acids is 1. The highest BCUT2D eigenvalue weighted by molar-refractivity contribution is 6.33. The first-order valence-electron chi connectivity index (χ1n) is 8.98. The van der Waals surface area contributed by atoms with Crippen molar-refractivity contribution < 1.29 is 13.9 Å². The molecule has 150 valence electrons. The zero-order valence-corrected chi connectivity index (χ0v) is 16.6. The van der Waals surface area contributed by atoms with E-state index >= 15 is 0 Å². The van der Waals surface area contributed by atoms with Crippen LogP contribution in [0.3, 0.4) is 0 Å². The SMILES string of the molecule is COc1ccc(-n2nc(C(=O)Nc3ccccc3Cl)nc2-c2ccc(F)cc2)cc1. The van der Waals surface area contributed by atoms with E-state index in [2.05, 4.69) is 15.4 Å². The predicted molar refractivity (Wildman–Crippen MR) is 113 cm³/mol. The van der Waals surface area contributed by atoms with Crippen LogP contribution in [0.25, 0.3) is 17.1 Å². The number of anilines is 1. The number of amides is 1. The van der Waals surface area contributed by atoms with Crippen molar-refractivity contribution in [1.29, 1.82) is 0 Å². The van der Waals surface area contributed by atoms with Gasteiger partial charge in [-0.25, -0.2) is 14.1 Å². The van der Waals surface area contributed by atoms with Gasteiger partial charge in [-0.15, -0.1) is 5.10 Å². The summed E-state index contributed by atoms with van der Waals surface area (Å²) in [5, 5.41) is 7.49. The number of aromatic nitrogens is 3. The molecular formula is C22H16ClFN4O2. The topological polar surface area (TPSA) is 69.0 Å². The lowest BCUT2D eigenvalue weighted by Gasteiger charge is -2.07. The molecule has 0 bridgehead atoms. The number of carbonyl (C=O) groups is 1. The second-order valence-electron chi connectivity index (χ2n) is 6.31. The normalized spacial score (nSPS) is 10.6. The van der Waals surface area contributed by atoms with E-state index in [-0.39, 0.29) is 11.6 Å². The minimum absolute atomic E-state index is 0.0509. The summed E-state index contributed by atoms with van der Waals surface area (Å²) in [5.41, 5.74) is 1.73. The van der Waals surface area contributed by atoms with Gasteiger partial charge in [-0.3, -0.25) is 4.79 Å². The van der Waals surface area contributed by atoms with Gasteiger partial charge in [0, 0.05) is 5.56 Å². The van der Waals surface area contributed by atoms with Gasteiger partial charge >= 0.3 is 0 Å². The molecule has 0 spiro atoms. The van der Waals surface area contributed by atoms with E-state index in [1.807, 2.05) is 0 Å². The molecule has 0 aliphatic rings. The highest BCUT2D eigenvalue weighted by atomic mass is 35.5. The molecule has 1 aromatic heterocycles. The standard InChI is InChI=1S/C22H16ClFN4O2/c1-30-17-12-10-16(11-13-17)28-21(14-6-8-15(24)9-7-14)26-20(27-28)22(29)25-19-5-3-2-4-18(19)23/h2-13H,1H3,(H,25,29). The molecule has 30 heavy (non-hydrogen) atoms. The zero-order valence-electron chi connectivity index (χ0n) is 15.8. The number of nitrogens with one attached hydrogen (secondary N) is 1. The lowest BCUT2D eigenvalue weighted by Crippen LogP contribution is -2.14. The third-order valence-corrected chi connectivity index (χ3v) is 4.68. The van der Waals surface area contributed by atoms with Gasteiger partial charge in [0.1, 0.15) is 11.6 Å². The smallest absolute Gasteiger partial charge is 0.295 e. The molecule has 0 saturated heterocycles. The van der Waals surface area contributed by atoms with Crippen LogP contribution in [0.15, 0.2) is 72.8 Å². The van der Waals surface area contributed by atoms with Crippen molar-refractivity contribution >= 4 is 23.2 Å². The van der Waals surface area contributed by atoms with Gasteiger partial charge in [0.15, 0.2) is 5.82 Å². The summed E-state index contributed by atoms with van der Waals surface area (Å²) in [7, 11) is 1.57. The van der Waals surface area contributed by atoms with E-state index in [1.165, 1.54) is 16.8 Å². The molecule has 0 saturated carbocycles. The molecule has 4 rings (SSSR count). The van der Waals surface area contributed by atoms with Crippen molar-refractivity contribution in [3.63, 3.8) is 0 Å². The number of halogens is 2. The first kappa shape index (κ1) is 19.6. The van der Waals surface area contributed by atoms with Crippen LogP contribution in [0, 0.1) is 5.82 Å². The Balaban J connectivity index is 1.75. The molecule has 8 heteroatoms. The van der Waals surface area contributed by atoms with Crippen LogP contribution < -0.4 is 10.1 Å². The molecule has 1 amide bonds. The van der Waals surface area contributed by atoms with E-state index in [1.54, 1.807) is 67.8 Å². The molecule has 4 aromatic rings. The number of hydrogen-bond donors (Lipinski definition) is 1. The lowest BCUT2D eigenvalue weighted by molar-refractivity contribution is 0.101. The summed E-state index contributed by atoms with van der Waals surface area (Å²) < 4.78 is 20.1. The van der Waals surface area contributed by atoms with E-state index in [9.17, 15) is 9.18 Å². The third-order valence-electron chi connectivity index (χ3n) is 4.35. The first-order chi connectivity index (χ1) is 14.5. The van der Waals surface area contributed by atoms with Crippen molar-refractivity contribution in [2.75, 3.05) is 12.4 Å².